The largest absolute Gasteiger partial charge is 0.315 e. The molecule has 102 valence electrons. The smallest absolute Gasteiger partial charge is 0.0547 e. The number of nitrogens with zero attached hydrogens (tertiary/aromatic N) is 2. The molecular weight excluding hydrogens is 222 g/mol. The van der Waals surface area contributed by atoms with Gasteiger partial charge in [-0.1, -0.05) is 26.8 Å². The van der Waals surface area contributed by atoms with Crippen LogP contribution in [0.2, 0.25) is 0 Å². The SMILES string of the molecule is CCN(Cc1cccc(C)n1)CC(NC)C(C)C. The van der Waals surface area contributed by atoms with E-state index in [0.717, 1.165) is 31.0 Å². The number of nitrogens with one attached hydrogen (secondary N) is 1. The first kappa shape index (κ1) is 15.1. The van der Waals surface area contributed by atoms with Crippen LogP contribution in [0.3, 0.4) is 0 Å². The average molecular weight is 249 g/mol. The molecule has 0 saturated carbocycles. The van der Waals surface area contributed by atoms with Crippen molar-refractivity contribution < 1.29 is 0 Å². The summed E-state index contributed by atoms with van der Waals surface area (Å²) >= 11 is 0. The highest BCUT2D eigenvalue weighted by atomic mass is 15.1. The highest BCUT2D eigenvalue weighted by Gasteiger charge is 2.15. The second-order valence-corrected chi connectivity index (χ2v) is 5.24. The summed E-state index contributed by atoms with van der Waals surface area (Å²) in [4.78, 5) is 7.02. The molecule has 1 unspecified atom stereocenters. The van der Waals surface area contributed by atoms with Crippen molar-refractivity contribution in [1.82, 2.24) is 15.2 Å². The van der Waals surface area contributed by atoms with Crippen molar-refractivity contribution in [2.24, 2.45) is 5.92 Å². The number of rotatable bonds is 7. The molecule has 0 spiro atoms. The van der Waals surface area contributed by atoms with Crippen LogP contribution >= 0.6 is 0 Å². The molecule has 1 N–H and O–H groups in total. The Balaban J connectivity index is 2.61. The molecule has 0 aliphatic rings. The third kappa shape index (κ3) is 4.75. The minimum atomic E-state index is 0.537. The number of aryl methyl sites for hydroxylation is 1. The van der Waals surface area contributed by atoms with Crippen LogP contribution < -0.4 is 5.32 Å². The van der Waals surface area contributed by atoms with Gasteiger partial charge in [-0.15, -0.1) is 0 Å². The molecule has 3 heteroatoms. The van der Waals surface area contributed by atoms with E-state index in [2.05, 4.69) is 48.1 Å². The van der Waals surface area contributed by atoms with Crippen LogP contribution in [-0.2, 0) is 6.54 Å². The van der Waals surface area contributed by atoms with Crippen molar-refractivity contribution in [3.05, 3.63) is 29.6 Å². The van der Waals surface area contributed by atoms with Crippen LogP contribution in [0.15, 0.2) is 18.2 Å². The summed E-state index contributed by atoms with van der Waals surface area (Å²) < 4.78 is 0. The van der Waals surface area contributed by atoms with E-state index in [-0.39, 0.29) is 0 Å². The fourth-order valence-corrected chi connectivity index (χ4v) is 2.14. The molecule has 0 aliphatic carbocycles. The maximum atomic E-state index is 4.58. The normalized spacial score (nSPS) is 13.3. The lowest BCUT2D eigenvalue weighted by molar-refractivity contribution is 0.223. The van der Waals surface area contributed by atoms with Crippen molar-refractivity contribution >= 4 is 0 Å². The van der Waals surface area contributed by atoms with Gasteiger partial charge in [0.2, 0.25) is 0 Å². The van der Waals surface area contributed by atoms with Crippen LogP contribution in [0.5, 0.6) is 0 Å². The van der Waals surface area contributed by atoms with E-state index in [4.69, 9.17) is 0 Å². The average Bonchev–Trinajstić information content (AvgIpc) is 2.34. The van der Waals surface area contributed by atoms with Crippen LogP contribution in [0.1, 0.15) is 32.2 Å². The zero-order valence-electron chi connectivity index (χ0n) is 12.4. The van der Waals surface area contributed by atoms with E-state index in [1.54, 1.807) is 0 Å². The second-order valence-electron chi connectivity index (χ2n) is 5.24. The molecule has 0 saturated heterocycles. The molecule has 0 fully saturated rings. The molecule has 1 aromatic heterocycles. The van der Waals surface area contributed by atoms with Gasteiger partial charge in [0, 0.05) is 24.8 Å². The minimum Gasteiger partial charge on any atom is -0.315 e. The summed E-state index contributed by atoms with van der Waals surface area (Å²) in [5.74, 6) is 0.648. The highest BCUT2D eigenvalue weighted by Crippen LogP contribution is 2.08. The molecule has 1 atom stereocenters. The zero-order chi connectivity index (χ0) is 13.5. The van der Waals surface area contributed by atoms with E-state index in [1.165, 1.54) is 0 Å². The first-order valence-corrected chi connectivity index (χ1v) is 6.89. The van der Waals surface area contributed by atoms with E-state index < -0.39 is 0 Å². The summed E-state index contributed by atoms with van der Waals surface area (Å²) in [7, 11) is 2.05. The molecule has 0 bridgehead atoms. The van der Waals surface area contributed by atoms with Crippen molar-refractivity contribution in [3.63, 3.8) is 0 Å². The monoisotopic (exact) mass is 249 g/mol. The van der Waals surface area contributed by atoms with Gasteiger partial charge in [-0.25, -0.2) is 0 Å². The molecule has 0 radical (unpaired) electrons. The molecule has 0 amide bonds. The summed E-state index contributed by atoms with van der Waals surface area (Å²) in [5.41, 5.74) is 2.26. The first-order chi connectivity index (χ1) is 8.56. The van der Waals surface area contributed by atoms with E-state index in [9.17, 15) is 0 Å². The fourth-order valence-electron chi connectivity index (χ4n) is 2.14. The Morgan fingerprint density at radius 2 is 2.06 bits per heavy atom. The van der Waals surface area contributed by atoms with Gasteiger partial charge in [-0.05, 0) is 38.6 Å². The summed E-state index contributed by atoms with van der Waals surface area (Å²) in [6, 6.07) is 6.78. The van der Waals surface area contributed by atoms with Crippen molar-refractivity contribution in [1.29, 1.82) is 0 Å². The molecule has 1 heterocycles. The Morgan fingerprint density at radius 3 is 2.56 bits per heavy atom. The number of hydrogen-bond acceptors (Lipinski definition) is 3. The maximum absolute atomic E-state index is 4.58. The Morgan fingerprint density at radius 1 is 1.33 bits per heavy atom. The standard InChI is InChI=1S/C15H27N3/c1-6-18(11-15(16-5)12(2)3)10-14-9-7-8-13(4)17-14/h7-9,12,15-16H,6,10-11H2,1-5H3. The third-order valence-corrected chi connectivity index (χ3v) is 3.41. The van der Waals surface area contributed by atoms with Crippen LogP contribution in [0, 0.1) is 12.8 Å². The lowest BCUT2D eigenvalue weighted by atomic mass is 10.0. The van der Waals surface area contributed by atoms with Crippen LogP contribution in [-0.4, -0.2) is 36.1 Å². The second kappa shape index (κ2) is 7.49. The lowest BCUT2D eigenvalue weighted by Gasteiger charge is -2.28. The zero-order valence-corrected chi connectivity index (χ0v) is 12.4. The molecule has 0 aromatic carbocycles. The number of likely N-dealkylation sites (N-methyl/N-ethyl adjacent to an activating group) is 2. The highest BCUT2D eigenvalue weighted by molar-refractivity contribution is 5.09. The van der Waals surface area contributed by atoms with Gasteiger partial charge in [0.05, 0.1) is 5.69 Å². The van der Waals surface area contributed by atoms with Gasteiger partial charge in [0.15, 0.2) is 0 Å². The Labute approximate surface area is 112 Å². The van der Waals surface area contributed by atoms with Crippen LogP contribution in [0.4, 0.5) is 0 Å². The van der Waals surface area contributed by atoms with Gasteiger partial charge >= 0.3 is 0 Å². The lowest BCUT2D eigenvalue weighted by Crippen LogP contribution is -2.42. The van der Waals surface area contributed by atoms with Gasteiger partial charge in [0.25, 0.3) is 0 Å². The number of hydrogen-bond donors (Lipinski definition) is 1. The molecule has 1 aromatic rings. The maximum Gasteiger partial charge on any atom is 0.0547 e. The van der Waals surface area contributed by atoms with Crippen molar-refractivity contribution in [3.8, 4) is 0 Å². The van der Waals surface area contributed by atoms with E-state index in [0.29, 0.717) is 12.0 Å². The van der Waals surface area contributed by atoms with E-state index in [1.807, 2.05) is 20.0 Å². The molecular formula is C15H27N3. The number of pyridine rings is 1. The molecule has 0 aliphatic heterocycles. The predicted octanol–water partition coefficient (Wildman–Crippen LogP) is 2.46. The van der Waals surface area contributed by atoms with Gasteiger partial charge in [-0.3, -0.25) is 9.88 Å². The van der Waals surface area contributed by atoms with Gasteiger partial charge in [0.1, 0.15) is 0 Å². The summed E-state index contributed by atoms with van der Waals surface area (Å²) in [5, 5.41) is 3.40. The van der Waals surface area contributed by atoms with E-state index >= 15 is 0 Å². The predicted molar refractivity (Wildman–Crippen MR) is 77.6 cm³/mol. The molecule has 3 nitrogen and oxygen atoms in total. The molecule has 18 heavy (non-hydrogen) atoms. The van der Waals surface area contributed by atoms with Crippen molar-refractivity contribution in [2.75, 3.05) is 20.1 Å². The topological polar surface area (TPSA) is 28.2 Å². The first-order valence-electron chi connectivity index (χ1n) is 6.89. The molecule has 1 rings (SSSR count). The quantitative estimate of drug-likeness (QED) is 0.804. The summed E-state index contributed by atoms with van der Waals surface area (Å²) in [6.45, 7) is 11.8. The fraction of sp³-hybridized carbons (Fsp3) is 0.667. The number of aromatic nitrogens is 1. The third-order valence-electron chi connectivity index (χ3n) is 3.41. The summed E-state index contributed by atoms with van der Waals surface area (Å²) in [6.07, 6.45) is 0. The van der Waals surface area contributed by atoms with Crippen LogP contribution in [0.25, 0.3) is 0 Å². The van der Waals surface area contributed by atoms with Crippen molar-refractivity contribution in [2.45, 2.75) is 40.3 Å². The Kier molecular flexibility index (Phi) is 6.30. The Hall–Kier alpha value is -0.930. The van der Waals surface area contributed by atoms with Gasteiger partial charge in [-0.2, -0.15) is 0 Å². The minimum absolute atomic E-state index is 0.537. The Bertz CT molecular complexity index is 349. The van der Waals surface area contributed by atoms with Gasteiger partial charge < -0.3 is 5.32 Å².